The van der Waals surface area contributed by atoms with Gasteiger partial charge in [0.1, 0.15) is 0 Å². The van der Waals surface area contributed by atoms with Crippen LogP contribution in [0, 0.1) is 0 Å². The van der Waals surface area contributed by atoms with Crippen LogP contribution in [0.2, 0.25) is 5.02 Å². The van der Waals surface area contributed by atoms with Gasteiger partial charge >= 0.3 is 0 Å². The summed E-state index contributed by atoms with van der Waals surface area (Å²) in [6, 6.07) is 13.0. The number of carbonyl (C=O) groups is 1. The first kappa shape index (κ1) is 20.8. The summed E-state index contributed by atoms with van der Waals surface area (Å²) in [5.74, 6) is 0. The first-order valence-electron chi connectivity index (χ1n) is 9.48. The number of carbonyl (C=O) groups excluding carboxylic acids is 1. The minimum Gasteiger partial charge on any atom is -0.398 e. The molecule has 0 bridgehead atoms. The number of nitrogens with two attached hydrogens (primary N) is 1. The Bertz CT molecular complexity index is 1000. The van der Waals surface area contributed by atoms with Crippen molar-refractivity contribution in [3.8, 4) is 22.3 Å². The predicted octanol–water partition coefficient (Wildman–Crippen LogP) is 4.83. The molecule has 29 heavy (non-hydrogen) atoms. The maximum absolute atomic E-state index is 11.7. The molecule has 0 aliphatic heterocycles. The summed E-state index contributed by atoms with van der Waals surface area (Å²) in [6.45, 7) is 1.75. The van der Waals surface area contributed by atoms with E-state index in [9.17, 15) is 4.79 Å². The summed E-state index contributed by atoms with van der Waals surface area (Å²) >= 11 is 6.25. The van der Waals surface area contributed by atoms with Crippen molar-refractivity contribution in [2.24, 2.45) is 0 Å². The van der Waals surface area contributed by atoms with Crippen LogP contribution in [-0.4, -0.2) is 43.4 Å². The van der Waals surface area contributed by atoms with E-state index in [-0.39, 0.29) is 0 Å². The largest absolute Gasteiger partial charge is 0.398 e. The summed E-state index contributed by atoms with van der Waals surface area (Å²) in [5.41, 5.74) is 11.9. The van der Waals surface area contributed by atoms with E-state index in [1.165, 1.54) is 0 Å². The number of halogens is 1. The number of aldehydes is 1. The number of rotatable bonds is 8. The highest BCUT2D eigenvalue weighted by Crippen LogP contribution is 2.40. The Hall–Kier alpha value is -2.89. The molecule has 0 saturated heterocycles. The van der Waals surface area contributed by atoms with Crippen molar-refractivity contribution < 1.29 is 4.79 Å². The Morgan fingerprint density at radius 1 is 1.10 bits per heavy atom. The normalized spacial score (nSPS) is 10.9. The molecule has 150 valence electrons. The third-order valence-electron chi connectivity index (χ3n) is 4.73. The second kappa shape index (κ2) is 9.54. The summed E-state index contributed by atoms with van der Waals surface area (Å²) in [6.07, 6.45) is 5.26. The van der Waals surface area contributed by atoms with Crippen molar-refractivity contribution in [1.82, 2.24) is 9.88 Å². The molecule has 3 N–H and O–H groups in total. The molecule has 3 aromatic rings. The standard InChI is InChI=1S/C23H25ClN4O/c1-28(2)12-4-10-27-23-18(20-13-17(24)8-7-16(20)15-29)5-3-6-19(23)21-14-26-11-9-22(21)25/h3,5-9,11,13-15,27H,4,10,12H2,1-2H3,(H2,25,26). The molecule has 0 fully saturated rings. The van der Waals surface area contributed by atoms with Gasteiger partial charge in [-0.1, -0.05) is 29.8 Å². The first-order chi connectivity index (χ1) is 14.0. The van der Waals surface area contributed by atoms with Crippen LogP contribution in [0.3, 0.4) is 0 Å². The number of anilines is 2. The second-order valence-corrected chi connectivity index (χ2v) is 7.56. The molecule has 0 atom stereocenters. The minimum absolute atomic E-state index is 0.579. The van der Waals surface area contributed by atoms with Crippen LogP contribution in [-0.2, 0) is 0 Å². The lowest BCUT2D eigenvalue weighted by atomic mass is 9.93. The molecule has 0 aliphatic rings. The lowest BCUT2D eigenvalue weighted by molar-refractivity contribution is 0.112. The van der Waals surface area contributed by atoms with Gasteiger partial charge in [-0.3, -0.25) is 9.78 Å². The highest BCUT2D eigenvalue weighted by Gasteiger charge is 2.16. The van der Waals surface area contributed by atoms with Gasteiger partial charge in [-0.05, 0) is 56.9 Å². The quantitative estimate of drug-likeness (QED) is 0.412. The third-order valence-corrected chi connectivity index (χ3v) is 4.96. The molecule has 0 saturated carbocycles. The van der Waals surface area contributed by atoms with E-state index in [0.29, 0.717) is 16.3 Å². The third kappa shape index (κ3) is 4.94. The number of aromatic nitrogens is 1. The van der Waals surface area contributed by atoms with E-state index in [1.807, 2.05) is 24.3 Å². The number of para-hydroxylation sites is 1. The number of nitrogens with one attached hydrogen (secondary N) is 1. The Kier molecular flexibility index (Phi) is 6.86. The van der Waals surface area contributed by atoms with Crippen molar-refractivity contribution >= 4 is 29.3 Å². The molecular formula is C23H25ClN4O. The van der Waals surface area contributed by atoms with Crippen LogP contribution >= 0.6 is 11.6 Å². The molecule has 1 aromatic heterocycles. The van der Waals surface area contributed by atoms with Crippen molar-refractivity contribution in [2.45, 2.75) is 6.42 Å². The fourth-order valence-corrected chi connectivity index (χ4v) is 3.47. The Morgan fingerprint density at radius 2 is 1.86 bits per heavy atom. The first-order valence-corrected chi connectivity index (χ1v) is 9.85. The van der Waals surface area contributed by atoms with Crippen molar-refractivity contribution in [3.63, 3.8) is 0 Å². The lowest BCUT2D eigenvalue weighted by Gasteiger charge is -2.19. The predicted molar refractivity (Wildman–Crippen MR) is 122 cm³/mol. The number of nitrogen functional groups attached to an aromatic ring is 1. The van der Waals surface area contributed by atoms with Gasteiger partial charge in [-0.2, -0.15) is 0 Å². The van der Waals surface area contributed by atoms with Gasteiger partial charge in [0.05, 0.1) is 5.69 Å². The lowest BCUT2D eigenvalue weighted by Crippen LogP contribution is -2.16. The summed E-state index contributed by atoms with van der Waals surface area (Å²) in [5, 5.41) is 4.14. The Morgan fingerprint density at radius 3 is 2.55 bits per heavy atom. The van der Waals surface area contributed by atoms with E-state index in [0.717, 1.165) is 53.7 Å². The van der Waals surface area contributed by atoms with Gasteiger partial charge in [0.25, 0.3) is 0 Å². The molecule has 1 heterocycles. The van der Waals surface area contributed by atoms with Crippen LogP contribution in [0.5, 0.6) is 0 Å². The smallest absolute Gasteiger partial charge is 0.150 e. The summed E-state index contributed by atoms with van der Waals surface area (Å²) < 4.78 is 0. The second-order valence-electron chi connectivity index (χ2n) is 7.12. The molecule has 2 aromatic carbocycles. The van der Waals surface area contributed by atoms with E-state index < -0.39 is 0 Å². The van der Waals surface area contributed by atoms with Crippen LogP contribution in [0.15, 0.2) is 54.9 Å². The summed E-state index contributed by atoms with van der Waals surface area (Å²) in [7, 11) is 4.11. The molecular weight excluding hydrogens is 384 g/mol. The number of nitrogens with zero attached hydrogens (tertiary/aromatic N) is 2. The topological polar surface area (TPSA) is 71.2 Å². The number of pyridine rings is 1. The van der Waals surface area contributed by atoms with Gasteiger partial charge in [-0.25, -0.2) is 0 Å². The molecule has 0 unspecified atom stereocenters. The fourth-order valence-electron chi connectivity index (χ4n) is 3.30. The van der Waals surface area contributed by atoms with Crippen LogP contribution in [0.4, 0.5) is 11.4 Å². The molecule has 0 spiro atoms. The molecule has 3 rings (SSSR count). The van der Waals surface area contributed by atoms with Crippen molar-refractivity contribution in [3.05, 3.63) is 65.4 Å². The zero-order valence-electron chi connectivity index (χ0n) is 16.7. The minimum atomic E-state index is 0.579. The monoisotopic (exact) mass is 408 g/mol. The summed E-state index contributed by atoms with van der Waals surface area (Å²) in [4.78, 5) is 18.1. The van der Waals surface area contributed by atoms with E-state index in [2.05, 4.69) is 29.3 Å². The van der Waals surface area contributed by atoms with E-state index in [4.69, 9.17) is 17.3 Å². The van der Waals surface area contributed by atoms with Gasteiger partial charge in [0, 0.05) is 51.9 Å². The van der Waals surface area contributed by atoms with Gasteiger partial charge in [0.2, 0.25) is 0 Å². The Balaban J connectivity index is 2.13. The number of hydrogen-bond acceptors (Lipinski definition) is 5. The maximum Gasteiger partial charge on any atom is 0.150 e. The number of hydrogen-bond donors (Lipinski definition) is 2. The fraction of sp³-hybridized carbons (Fsp3) is 0.217. The average molecular weight is 409 g/mol. The van der Waals surface area contributed by atoms with Crippen LogP contribution < -0.4 is 11.1 Å². The number of benzene rings is 2. The van der Waals surface area contributed by atoms with Gasteiger partial charge in [0.15, 0.2) is 6.29 Å². The van der Waals surface area contributed by atoms with E-state index in [1.54, 1.807) is 30.6 Å². The zero-order chi connectivity index (χ0) is 20.8. The molecule has 0 radical (unpaired) electrons. The highest BCUT2D eigenvalue weighted by atomic mass is 35.5. The average Bonchev–Trinajstić information content (AvgIpc) is 2.71. The Labute approximate surface area is 176 Å². The van der Waals surface area contributed by atoms with E-state index >= 15 is 0 Å². The molecule has 6 heteroatoms. The van der Waals surface area contributed by atoms with Gasteiger partial charge < -0.3 is 16.0 Å². The highest BCUT2D eigenvalue weighted by molar-refractivity contribution is 6.31. The van der Waals surface area contributed by atoms with Crippen LogP contribution in [0.25, 0.3) is 22.3 Å². The molecule has 0 amide bonds. The SMILES string of the molecule is CN(C)CCCNc1c(-c2cnccc2N)cccc1-c1cc(Cl)ccc1C=O. The molecule has 0 aliphatic carbocycles. The zero-order valence-corrected chi connectivity index (χ0v) is 17.4. The maximum atomic E-state index is 11.7. The molecule has 5 nitrogen and oxygen atoms in total. The van der Waals surface area contributed by atoms with Crippen LogP contribution in [0.1, 0.15) is 16.8 Å². The van der Waals surface area contributed by atoms with Crippen molar-refractivity contribution in [2.75, 3.05) is 38.2 Å². The van der Waals surface area contributed by atoms with Crippen molar-refractivity contribution in [1.29, 1.82) is 0 Å². The van der Waals surface area contributed by atoms with Gasteiger partial charge in [-0.15, -0.1) is 0 Å².